The molecule has 0 saturated heterocycles. The maximum atomic E-state index is 12.1. The van der Waals surface area contributed by atoms with Crippen molar-refractivity contribution in [2.24, 2.45) is 0 Å². The Hall–Kier alpha value is -3.35. The second-order valence-electron chi connectivity index (χ2n) is 8.43. The molecule has 0 spiro atoms. The van der Waals surface area contributed by atoms with Crippen molar-refractivity contribution < 1.29 is 29.0 Å². The van der Waals surface area contributed by atoms with Crippen molar-refractivity contribution in [1.82, 2.24) is 5.32 Å². The number of benzene rings is 2. The number of aliphatic carboxylic acids is 1. The van der Waals surface area contributed by atoms with Crippen molar-refractivity contribution in [3.8, 4) is 11.1 Å². The molecule has 0 bridgehead atoms. The lowest BCUT2D eigenvalue weighted by Gasteiger charge is -2.22. The Morgan fingerprint density at radius 1 is 1.00 bits per heavy atom. The highest BCUT2D eigenvalue weighted by Gasteiger charge is 2.25. The Morgan fingerprint density at radius 3 is 2.16 bits per heavy atom. The molecule has 0 radical (unpaired) electrons. The average molecular weight is 427 g/mol. The molecule has 0 aliphatic heterocycles. The Kier molecular flexibility index (Phi) is 7.80. The van der Waals surface area contributed by atoms with Crippen LogP contribution in [0, 0.1) is 0 Å². The van der Waals surface area contributed by atoms with Crippen LogP contribution in [0.25, 0.3) is 11.1 Å². The van der Waals surface area contributed by atoms with E-state index in [9.17, 15) is 19.5 Å². The second-order valence-corrected chi connectivity index (χ2v) is 8.43. The molecule has 1 amide bonds. The molecule has 31 heavy (non-hydrogen) atoms. The number of carboxylic acids is 1. The van der Waals surface area contributed by atoms with Crippen molar-refractivity contribution in [3.05, 3.63) is 59.7 Å². The number of carboxylic acid groups (broad SMARTS) is 1. The van der Waals surface area contributed by atoms with Crippen LogP contribution in [0.2, 0.25) is 0 Å². The third-order valence-corrected chi connectivity index (χ3v) is 4.20. The van der Waals surface area contributed by atoms with Crippen molar-refractivity contribution in [3.63, 3.8) is 0 Å². The number of esters is 1. The van der Waals surface area contributed by atoms with Gasteiger partial charge in [-0.1, -0.05) is 36.4 Å². The molecule has 0 aromatic heterocycles. The van der Waals surface area contributed by atoms with Gasteiger partial charge >= 0.3 is 18.0 Å². The summed E-state index contributed by atoms with van der Waals surface area (Å²) < 4.78 is 10.4. The zero-order valence-electron chi connectivity index (χ0n) is 18.5. The fourth-order valence-electron chi connectivity index (χ4n) is 2.92. The van der Waals surface area contributed by atoms with Crippen LogP contribution >= 0.6 is 0 Å². The molecule has 2 rings (SSSR count). The van der Waals surface area contributed by atoms with Gasteiger partial charge in [0.25, 0.3) is 0 Å². The molecule has 7 heteroatoms. The first-order valence-corrected chi connectivity index (χ1v) is 10.1. The van der Waals surface area contributed by atoms with Crippen LogP contribution in [-0.4, -0.2) is 40.9 Å². The number of nitrogens with one attached hydrogen (secondary N) is 1. The lowest BCUT2D eigenvalue weighted by atomic mass is 9.94. The smallest absolute Gasteiger partial charge is 0.408 e. The van der Waals surface area contributed by atoms with Gasteiger partial charge in [-0.05, 0) is 63.4 Å². The summed E-state index contributed by atoms with van der Waals surface area (Å²) in [4.78, 5) is 35.8. The van der Waals surface area contributed by atoms with Gasteiger partial charge in [0.15, 0.2) is 0 Å². The molecule has 1 unspecified atom stereocenters. The second kappa shape index (κ2) is 10.1. The SMILES string of the molecule is CC(C)OC(=O)c1ccc(-c2ccccc2CC(NC(=O)OC(C)(C)C)C(=O)O)cc1. The minimum Gasteiger partial charge on any atom is -0.480 e. The fraction of sp³-hybridized carbons (Fsp3) is 0.375. The first-order valence-electron chi connectivity index (χ1n) is 10.1. The van der Waals surface area contributed by atoms with E-state index in [4.69, 9.17) is 9.47 Å². The van der Waals surface area contributed by atoms with E-state index in [0.29, 0.717) is 5.56 Å². The predicted molar refractivity (Wildman–Crippen MR) is 117 cm³/mol. The minimum atomic E-state index is -1.16. The summed E-state index contributed by atoms with van der Waals surface area (Å²) in [6.45, 7) is 8.69. The van der Waals surface area contributed by atoms with E-state index in [1.54, 1.807) is 65.0 Å². The lowest BCUT2D eigenvalue weighted by Crippen LogP contribution is -2.44. The molecule has 7 nitrogen and oxygen atoms in total. The molecular weight excluding hydrogens is 398 g/mol. The number of carbonyl (C=O) groups is 3. The summed E-state index contributed by atoms with van der Waals surface area (Å²) in [6, 6.07) is 13.1. The summed E-state index contributed by atoms with van der Waals surface area (Å²) in [5.41, 5.74) is 2.07. The van der Waals surface area contributed by atoms with Crippen molar-refractivity contribution in [2.45, 2.75) is 58.8 Å². The topological polar surface area (TPSA) is 102 Å². The van der Waals surface area contributed by atoms with Gasteiger partial charge in [-0.25, -0.2) is 14.4 Å². The standard InChI is InChI=1S/C24H29NO6/c1-15(2)30-22(28)17-12-10-16(11-13-17)19-9-7-6-8-18(19)14-20(21(26)27)25-23(29)31-24(3,4)5/h6-13,15,20H,14H2,1-5H3,(H,25,29)(H,26,27). The van der Waals surface area contributed by atoms with Crippen LogP contribution in [0.5, 0.6) is 0 Å². The van der Waals surface area contributed by atoms with Crippen molar-refractivity contribution in [2.75, 3.05) is 0 Å². The summed E-state index contributed by atoms with van der Waals surface area (Å²) in [5, 5.41) is 12.0. The Morgan fingerprint density at radius 2 is 1.61 bits per heavy atom. The Bertz CT molecular complexity index is 928. The maximum Gasteiger partial charge on any atom is 0.408 e. The summed E-state index contributed by atoms with van der Waals surface area (Å²) in [6.07, 6.45) is -0.925. The number of hydrogen-bond acceptors (Lipinski definition) is 5. The first kappa shape index (κ1) is 23.9. The molecular formula is C24H29NO6. The number of rotatable bonds is 7. The number of hydrogen-bond donors (Lipinski definition) is 2. The third-order valence-electron chi connectivity index (χ3n) is 4.20. The number of alkyl carbamates (subject to hydrolysis) is 1. The van der Waals surface area contributed by atoms with E-state index >= 15 is 0 Å². The van der Waals surface area contributed by atoms with Gasteiger partial charge in [0.1, 0.15) is 11.6 Å². The van der Waals surface area contributed by atoms with Gasteiger partial charge in [-0.15, -0.1) is 0 Å². The van der Waals surface area contributed by atoms with Crippen LogP contribution in [0.1, 0.15) is 50.5 Å². The van der Waals surface area contributed by atoms with E-state index in [0.717, 1.165) is 16.7 Å². The Labute approximate surface area is 182 Å². The average Bonchev–Trinajstić information content (AvgIpc) is 2.66. The summed E-state index contributed by atoms with van der Waals surface area (Å²) in [7, 11) is 0. The van der Waals surface area contributed by atoms with Crippen LogP contribution in [0.4, 0.5) is 4.79 Å². The van der Waals surface area contributed by atoms with E-state index in [-0.39, 0.29) is 12.5 Å². The summed E-state index contributed by atoms with van der Waals surface area (Å²) >= 11 is 0. The highest BCUT2D eigenvalue weighted by Crippen LogP contribution is 2.25. The predicted octanol–water partition coefficient (Wildman–Crippen LogP) is 4.44. The molecule has 2 aromatic carbocycles. The van der Waals surface area contributed by atoms with Gasteiger partial charge in [0.2, 0.25) is 0 Å². The van der Waals surface area contributed by atoms with E-state index in [1.807, 2.05) is 18.2 Å². The monoisotopic (exact) mass is 427 g/mol. The minimum absolute atomic E-state index is 0.0713. The normalized spacial score (nSPS) is 12.2. The zero-order valence-corrected chi connectivity index (χ0v) is 18.5. The maximum absolute atomic E-state index is 12.1. The van der Waals surface area contributed by atoms with E-state index in [2.05, 4.69) is 5.32 Å². The largest absolute Gasteiger partial charge is 0.480 e. The van der Waals surface area contributed by atoms with Crippen molar-refractivity contribution in [1.29, 1.82) is 0 Å². The number of ether oxygens (including phenoxy) is 2. The molecule has 2 aromatic rings. The van der Waals surface area contributed by atoms with Gasteiger partial charge in [0.05, 0.1) is 11.7 Å². The molecule has 0 aliphatic carbocycles. The van der Waals surface area contributed by atoms with Crippen molar-refractivity contribution >= 4 is 18.0 Å². The van der Waals surface area contributed by atoms with Crippen LogP contribution in [0.15, 0.2) is 48.5 Å². The van der Waals surface area contributed by atoms with Gasteiger partial charge < -0.3 is 19.9 Å². The van der Waals surface area contributed by atoms with Gasteiger partial charge in [0, 0.05) is 6.42 Å². The fourth-order valence-corrected chi connectivity index (χ4v) is 2.92. The number of amides is 1. The Balaban J connectivity index is 2.23. The molecule has 0 aliphatic rings. The third kappa shape index (κ3) is 7.44. The highest BCUT2D eigenvalue weighted by molar-refractivity contribution is 5.90. The highest BCUT2D eigenvalue weighted by atomic mass is 16.6. The molecule has 166 valence electrons. The van der Waals surface area contributed by atoms with E-state index < -0.39 is 29.7 Å². The molecule has 0 saturated carbocycles. The molecule has 0 heterocycles. The van der Waals surface area contributed by atoms with Gasteiger partial charge in [-0.2, -0.15) is 0 Å². The first-order chi connectivity index (χ1) is 14.5. The van der Waals surface area contributed by atoms with Crippen LogP contribution in [-0.2, 0) is 20.7 Å². The van der Waals surface area contributed by atoms with Gasteiger partial charge in [-0.3, -0.25) is 0 Å². The molecule has 2 N–H and O–H groups in total. The molecule has 0 fully saturated rings. The summed E-state index contributed by atoms with van der Waals surface area (Å²) in [5.74, 6) is -1.56. The molecule has 1 atom stereocenters. The van der Waals surface area contributed by atoms with E-state index in [1.165, 1.54) is 0 Å². The zero-order chi connectivity index (χ0) is 23.2. The van der Waals surface area contributed by atoms with Crippen LogP contribution in [0.3, 0.4) is 0 Å². The number of carbonyl (C=O) groups excluding carboxylic acids is 2. The van der Waals surface area contributed by atoms with Crippen LogP contribution < -0.4 is 5.32 Å². The quantitative estimate of drug-likeness (QED) is 0.634. The lowest BCUT2D eigenvalue weighted by molar-refractivity contribution is -0.139.